The molecule has 1 fully saturated rings. The van der Waals surface area contributed by atoms with E-state index in [4.69, 9.17) is 0 Å². The van der Waals surface area contributed by atoms with Gasteiger partial charge in [-0.15, -0.1) is 0 Å². The molecule has 0 saturated heterocycles. The molecule has 0 aromatic carbocycles. The molecule has 0 aromatic heterocycles. The second-order valence-corrected chi connectivity index (χ2v) is 8.27. The van der Waals surface area contributed by atoms with Crippen LogP contribution in [-0.4, -0.2) is 49.3 Å². The summed E-state index contributed by atoms with van der Waals surface area (Å²) in [7, 11) is -2.84. The van der Waals surface area contributed by atoms with Crippen LogP contribution < -0.4 is 0 Å². The fourth-order valence-corrected chi connectivity index (χ4v) is 4.50. The lowest BCUT2D eigenvalue weighted by Crippen LogP contribution is -2.41. The Morgan fingerprint density at radius 2 is 1.78 bits per heavy atom. The molecule has 108 valence electrons. The van der Waals surface area contributed by atoms with Crippen molar-refractivity contribution in [3.63, 3.8) is 0 Å². The highest BCUT2D eigenvalue weighted by atomic mass is 79.9. The van der Waals surface area contributed by atoms with Crippen LogP contribution in [0.15, 0.2) is 0 Å². The average Bonchev–Trinajstić information content (AvgIpc) is 2.35. The molecular weight excluding hydrogens is 314 g/mol. The number of nitrogens with zero attached hydrogens (tertiary/aromatic N) is 1. The monoisotopic (exact) mass is 339 g/mol. The van der Waals surface area contributed by atoms with Gasteiger partial charge in [0.25, 0.3) is 0 Å². The van der Waals surface area contributed by atoms with Gasteiger partial charge in [-0.3, -0.25) is 4.90 Å². The van der Waals surface area contributed by atoms with Crippen LogP contribution in [0, 0.1) is 0 Å². The standard InChI is InChI=1S/C13H26BrNO2S/c1-2-11-18(16,17)12-10-15(9-8-14)13-6-4-3-5-7-13/h13H,2-12H2,1H3. The van der Waals surface area contributed by atoms with E-state index in [1.807, 2.05) is 6.92 Å². The molecule has 0 heterocycles. The summed E-state index contributed by atoms with van der Waals surface area (Å²) in [5, 5.41) is 0.928. The predicted molar refractivity (Wildman–Crippen MR) is 81.2 cm³/mol. The molecule has 0 aliphatic heterocycles. The van der Waals surface area contributed by atoms with E-state index in [9.17, 15) is 8.42 Å². The molecule has 5 heteroatoms. The van der Waals surface area contributed by atoms with Crippen molar-refractivity contribution in [2.45, 2.75) is 51.5 Å². The van der Waals surface area contributed by atoms with Crippen LogP contribution in [0.2, 0.25) is 0 Å². The maximum Gasteiger partial charge on any atom is 0.151 e. The van der Waals surface area contributed by atoms with Gasteiger partial charge in [0.2, 0.25) is 0 Å². The van der Waals surface area contributed by atoms with Crippen molar-refractivity contribution in [3.8, 4) is 0 Å². The molecular formula is C13H26BrNO2S. The van der Waals surface area contributed by atoms with Gasteiger partial charge in [0.1, 0.15) is 0 Å². The third kappa shape index (κ3) is 6.02. The quantitative estimate of drug-likeness (QED) is 0.638. The number of halogens is 1. The predicted octanol–water partition coefficient (Wildman–Crippen LogP) is 2.84. The maximum absolute atomic E-state index is 11.8. The Hall–Kier alpha value is 0.390. The summed E-state index contributed by atoms with van der Waals surface area (Å²) < 4.78 is 23.6. The molecule has 0 unspecified atom stereocenters. The summed E-state index contributed by atoms with van der Waals surface area (Å²) in [5.74, 6) is 0.657. The number of alkyl halides is 1. The Balaban J connectivity index is 2.46. The Labute approximate surface area is 120 Å². The van der Waals surface area contributed by atoms with Gasteiger partial charge in [0.15, 0.2) is 9.84 Å². The summed E-state index contributed by atoms with van der Waals surface area (Å²) in [6.07, 6.45) is 7.13. The topological polar surface area (TPSA) is 37.4 Å². The van der Waals surface area contributed by atoms with Crippen LogP contribution >= 0.6 is 15.9 Å². The molecule has 1 aliphatic carbocycles. The maximum atomic E-state index is 11.8. The first-order valence-electron chi connectivity index (χ1n) is 7.09. The van der Waals surface area contributed by atoms with Crippen molar-refractivity contribution in [3.05, 3.63) is 0 Å². The second kappa shape index (κ2) is 8.54. The lowest BCUT2D eigenvalue weighted by molar-refractivity contribution is 0.174. The summed E-state index contributed by atoms with van der Waals surface area (Å²) >= 11 is 3.48. The van der Waals surface area contributed by atoms with E-state index in [1.54, 1.807) is 0 Å². The number of sulfone groups is 1. The van der Waals surface area contributed by atoms with E-state index in [2.05, 4.69) is 20.8 Å². The summed E-state index contributed by atoms with van der Waals surface area (Å²) in [6.45, 7) is 3.60. The van der Waals surface area contributed by atoms with E-state index >= 15 is 0 Å². The fourth-order valence-electron chi connectivity index (χ4n) is 2.70. The van der Waals surface area contributed by atoms with Crippen LogP contribution in [-0.2, 0) is 9.84 Å². The molecule has 0 aromatic rings. The van der Waals surface area contributed by atoms with Crippen molar-refractivity contribution >= 4 is 25.8 Å². The minimum Gasteiger partial charge on any atom is -0.299 e. The van der Waals surface area contributed by atoms with Gasteiger partial charge in [0.05, 0.1) is 5.75 Å². The third-order valence-corrected chi connectivity index (χ3v) is 5.86. The summed E-state index contributed by atoms with van der Waals surface area (Å²) in [6, 6.07) is 0.605. The van der Waals surface area contributed by atoms with E-state index in [0.717, 1.165) is 18.3 Å². The number of hydrogen-bond acceptors (Lipinski definition) is 3. The molecule has 1 saturated carbocycles. The minimum atomic E-state index is -2.84. The van der Waals surface area contributed by atoms with Crippen LogP contribution in [0.5, 0.6) is 0 Å². The zero-order chi connectivity index (χ0) is 13.4. The molecule has 1 rings (SSSR count). The van der Waals surface area contributed by atoms with Crippen molar-refractivity contribution in [1.82, 2.24) is 4.90 Å². The van der Waals surface area contributed by atoms with Gasteiger partial charge in [-0.25, -0.2) is 8.42 Å². The Bertz CT molecular complexity index is 313. The first kappa shape index (κ1) is 16.4. The second-order valence-electron chi connectivity index (χ2n) is 5.17. The van der Waals surface area contributed by atoms with E-state index in [-0.39, 0.29) is 0 Å². The highest BCUT2D eigenvalue weighted by Gasteiger charge is 2.22. The van der Waals surface area contributed by atoms with E-state index < -0.39 is 9.84 Å². The molecule has 0 N–H and O–H groups in total. The normalized spacial score (nSPS) is 18.4. The van der Waals surface area contributed by atoms with Crippen LogP contribution in [0.4, 0.5) is 0 Å². The smallest absolute Gasteiger partial charge is 0.151 e. The largest absolute Gasteiger partial charge is 0.299 e. The van der Waals surface area contributed by atoms with Gasteiger partial charge in [-0.05, 0) is 19.3 Å². The first-order chi connectivity index (χ1) is 8.59. The molecule has 0 amide bonds. The highest BCUT2D eigenvalue weighted by molar-refractivity contribution is 9.09. The number of rotatable bonds is 8. The first-order valence-corrected chi connectivity index (χ1v) is 10.0. The summed E-state index contributed by atoms with van der Waals surface area (Å²) in [5.41, 5.74) is 0. The van der Waals surface area contributed by atoms with Gasteiger partial charge in [-0.2, -0.15) is 0 Å². The van der Waals surface area contributed by atoms with Crippen LogP contribution in [0.1, 0.15) is 45.4 Å². The van der Waals surface area contributed by atoms with Gasteiger partial charge in [-0.1, -0.05) is 42.1 Å². The van der Waals surface area contributed by atoms with Crippen molar-refractivity contribution in [1.29, 1.82) is 0 Å². The third-order valence-electron chi connectivity index (χ3n) is 3.67. The molecule has 0 spiro atoms. The van der Waals surface area contributed by atoms with Crippen molar-refractivity contribution < 1.29 is 8.42 Å². The molecule has 18 heavy (non-hydrogen) atoms. The SMILES string of the molecule is CCCS(=O)(=O)CCN(CCBr)C1CCCCC1. The van der Waals surface area contributed by atoms with Gasteiger partial charge >= 0.3 is 0 Å². The van der Waals surface area contributed by atoms with E-state index in [1.165, 1.54) is 32.1 Å². The lowest BCUT2D eigenvalue weighted by Gasteiger charge is -2.33. The zero-order valence-electron chi connectivity index (χ0n) is 11.4. The lowest BCUT2D eigenvalue weighted by atomic mass is 9.94. The average molecular weight is 340 g/mol. The minimum absolute atomic E-state index is 0.324. The zero-order valence-corrected chi connectivity index (χ0v) is 13.8. The molecule has 0 radical (unpaired) electrons. The Morgan fingerprint density at radius 3 is 2.33 bits per heavy atom. The molecule has 0 atom stereocenters. The molecule has 1 aliphatic rings. The van der Waals surface area contributed by atoms with E-state index in [0.29, 0.717) is 24.1 Å². The molecule has 0 bridgehead atoms. The van der Waals surface area contributed by atoms with Gasteiger partial charge < -0.3 is 0 Å². The van der Waals surface area contributed by atoms with Crippen molar-refractivity contribution in [2.75, 3.05) is 29.9 Å². The molecule has 3 nitrogen and oxygen atoms in total. The van der Waals surface area contributed by atoms with Crippen molar-refractivity contribution in [2.24, 2.45) is 0 Å². The van der Waals surface area contributed by atoms with Crippen LogP contribution in [0.25, 0.3) is 0 Å². The summed E-state index contributed by atoms with van der Waals surface area (Å²) in [4.78, 5) is 2.38. The highest BCUT2D eigenvalue weighted by Crippen LogP contribution is 2.22. The van der Waals surface area contributed by atoms with Gasteiger partial charge in [0, 0.05) is 30.2 Å². The Kier molecular flexibility index (Phi) is 7.80. The number of hydrogen-bond donors (Lipinski definition) is 0. The van der Waals surface area contributed by atoms with Crippen LogP contribution in [0.3, 0.4) is 0 Å². The Morgan fingerprint density at radius 1 is 1.11 bits per heavy atom. The fraction of sp³-hybridized carbons (Fsp3) is 1.00.